The molecule has 1 atom stereocenters. The van der Waals surface area contributed by atoms with Crippen molar-refractivity contribution in [2.24, 2.45) is 0 Å². The number of rotatable bonds is 9. The highest BCUT2D eigenvalue weighted by Crippen LogP contribution is 2.37. The van der Waals surface area contributed by atoms with Crippen LogP contribution in [-0.2, 0) is 17.4 Å². The summed E-state index contributed by atoms with van der Waals surface area (Å²) in [6.45, 7) is 3.97. The Morgan fingerprint density at radius 1 is 1.09 bits per heavy atom. The number of aromatic nitrogens is 1. The van der Waals surface area contributed by atoms with Gasteiger partial charge in [0.15, 0.2) is 0 Å². The molecule has 33 heavy (non-hydrogen) atoms. The molecule has 1 heterocycles. The minimum atomic E-state index is -4.47. The van der Waals surface area contributed by atoms with Gasteiger partial charge in [-0.1, -0.05) is 18.2 Å². The van der Waals surface area contributed by atoms with Gasteiger partial charge >= 0.3 is 12.1 Å². The Labute approximate surface area is 189 Å². The first-order valence-corrected chi connectivity index (χ1v) is 10.4. The first-order valence-electron chi connectivity index (χ1n) is 10.4. The van der Waals surface area contributed by atoms with Gasteiger partial charge in [0.05, 0.1) is 30.4 Å². The number of benzene rings is 2. The van der Waals surface area contributed by atoms with E-state index in [4.69, 9.17) is 14.6 Å². The maximum atomic E-state index is 13.2. The van der Waals surface area contributed by atoms with E-state index in [1.54, 1.807) is 36.4 Å². The zero-order valence-electron chi connectivity index (χ0n) is 18.2. The van der Waals surface area contributed by atoms with Gasteiger partial charge < -0.3 is 14.6 Å². The van der Waals surface area contributed by atoms with Crippen molar-refractivity contribution in [3.8, 4) is 22.8 Å². The number of alkyl halides is 3. The number of carboxylic acid groups (broad SMARTS) is 1. The second-order valence-electron chi connectivity index (χ2n) is 7.66. The number of carboxylic acids is 1. The Hall–Kier alpha value is -3.55. The molecule has 1 aromatic heterocycles. The monoisotopic (exact) mass is 459 g/mol. The Balaban J connectivity index is 1.67. The fraction of sp³-hybridized carbons (Fsp3) is 0.280. The predicted molar refractivity (Wildman–Crippen MR) is 117 cm³/mol. The van der Waals surface area contributed by atoms with Gasteiger partial charge in [0.1, 0.15) is 11.5 Å². The summed E-state index contributed by atoms with van der Waals surface area (Å²) in [5, 5.41) is 8.89. The van der Waals surface area contributed by atoms with Crippen molar-refractivity contribution in [1.29, 1.82) is 0 Å². The number of halogens is 3. The number of hydrogen-bond acceptors (Lipinski definition) is 4. The molecule has 3 rings (SSSR count). The summed E-state index contributed by atoms with van der Waals surface area (Å²) >= 11 is 0. The second kappa shape index (κ2) is 10.4. The topological polar surface area (TPSA) is 68.7 Å². The zero-order chi connectivity index (χ0) is 24.0. The van der Waals surface area contributed by atoms with Gasteiger partial charge in [-0.15, -0.1) is 0 Å². The minimum Gasteiger partial charge on any atom is -0.493 e. The van der Waals surface area contributed by atoms with Crippen molar-refractivity contribution < 1.29 is 32.5 Å². The Morgan fingerprint density at radius 3 is 2.48 bits per heavy atom. The average molecular weight is 459 g/mol. The first kappa shape index (κ1) is 24.1. The van der Waals surface area contributed by atoms with Gasteiger partial charge in [0.25, 0.3) is 0 Å². The molecule has 0 radical (unpaired) electrons. The van der Waals surface area contributed by atoms with E-state index in [-0.39, 0.29) is 18.1 Å². The molecule has 0 saturated carbocycles. The molecule has 0 unspecified atom stereocenters. The van der Waals surface area contributed by atoms with Crippen LogP contribution >= 0.6 is 0 Å². The molecule has 0 fully saturated rings. The van der Waals surface area contributed by atoms with Gasteiger partial charge in [-0.2, -0.15) is 13.2 Å². The zero-order valence-corrected chi connectivity index (χ0v) is 18.2. The third kappa shape index (κ3) is 6.71. The lowest BCUT2D eigenvalue weighted by Crippen LogP contribution is -2.17. The molecule has 0 bridgehead atoms. The van der Waals surface area contributed by atoms with Crippen molar-refractivity contribution in [1.82, 2.24) is 4.98 Å². The van der Waals surface area contributed by atoms with Crippen LogP contribution in [0.15, 0.2) is 60.8 Å². The molecule has 0 aliphatic heterocycles. The Bertz CT molecular complexity index is 1100. The van der Waals surface area contributed by atoms with Gasteiger partial charge in [0.2, 0.25) is 0 Å². The highest BCUT2D eigenvalue weighted by Gasteiger charge is 2.31. The average Bonchev–Trinajstić information content (AvgIpc) is 2.75. The number of aryl methyl sites for hydroxylation is 1. The van der Waals surface area contributed by atoms with Crippen molar-refractivity contribution in [3.05, 3.63) is 77.5 Å². The Morgan fingerprint density at radius 2 is 1.85 bits per heavy atom. The highest BCUT2D eigenvalue weighted by molar-refractivity contribution is 5.70. The summed E-state index contributed by atoms with van der Waals surface area (Å²) in [6, 6.07) is 13.6. The molecular weight excluding hydrogens is 435 g/mol. The smallest absolute Gasteiger partial charge is 0.416 e. The van der Waals surface area contributed by atoms with E-state index < -0.39 is 17.7 Å². The van der Waals surface area contributed by atoms with Crippen molar-refractivity contribution in [2.45, 2.75) is 39.0 Å². The largest absolute Gasteiger partial charge is 0.493 e. The third-order valence-corrected chi connectivity index (χ3v) is 4.95. The van der Waals surface area contributed by atoms with E-state index >= 15 is 0 Å². The predicted octanol–water partition coefficient (Wildman–Crippen LogP) is 5.94. The van der Waals surface area contributed by atoms with Crippen LogP contribution in [0.25, 0.3) is 11.3 Å². The lowest BCUT2D eigenvalue weighted by Gasteiger charge is -2.19. The van der Waals surface area contributed by atoms with E-state index in [2.05, 4.69) is 4.98 Å². The van der Waals surface area contributed by atoms with Crippen LogP contribution in [0.2, 0.25) is 0 Å². The van der Waals surface area contributed by atoms with E-state index in [0.29, 0.717) is 35.8 Å². The quantitative estimate of drug-likeness (QED) is 0.429. The van der Waals surface area contributed by atoms with Crippen LogP contribution in [-0.4, -0.2) is 28.8 Å². The van der Waals surface area contributed by atoms with Gasteiger partial charge in [-0.05, 0) is 61.4 Å². The maximum Gasteiger partial charge on any atom is 0.416 e. The normalized spacial score (nSPS) is 12.3. The van der Waals surface area contributed by atoms with Crippen LogP contribution in [0.1, 0.15) is 30.0 Å². The maximum absolute atomic E-state index is 13.2. The summed E-state index contributed by atoms with van der Waals surface area (Å²) < 4.78 is 51.4. The number of carbonyl (C=O) groups is 1. The van der Waals surface area contributed by atoms with Crippen molar-refractivity contribution in [2.75, 3.05) is 6.61 Å². The number of hydrogen-bond donors (Lipinski definition) is 1. The fourth-order valence-corrected chi connectivity index (χ4v) is 3.30. The molecule has 174 valence electrons. The Kier molecular flexibility index (Phi) is 7.58. The molecule has 5 nitrogen and oxygen atoms in total. The van der Waals surface area contributed by atoms with E-state index in [0.717, 1.165) is 17.7 Å². The SMILES string of the molecule is Cc1cc(CC(=O)O)ccc1OCC[C@@H](C)Oc1ccc(C(F)(F)F)cc1-c1ccccn1. The van der Waals surface area contributed by atoms with E-state index in [1.807, 2.05) is 13.8 Å². The first-order chi connectivity index (χ1) is 15.6. The fourth-order valence-electron chi connectivity index (χ4n) is 3.30. The van der Waals surface area contributed by atoms with Crippen LogP contribution in [0, 0.1) is 6.92 Å². The van der Waals surface area contributed by atoms with Crippen molar-refractivity contribution >= 4 is 5.97 Å². The summed E-state index contributed by atoms with van der Waals surface area (Å²) in [7, 11) is 0. The number of ether oxygens (including phenoxy) is 2. The van der Waals surface area contributed by atoms with Crippen LogP contribution in [0.4, 0.5) is 13.2 Å². The van der Waals surface area contributed by atoms with E-state index in [9.17, 15) is 18.0 Å². The lowest BCUT2D eigenvalue weighted by atomic mass is 10.1. The minimum absolute atomic E-state index is 0.0578. The standard InChI is InChI=1S/C25H24F3NO4/c1-16-13-18(14-24(30)31)6-8-22(16)32-12-10-17(2)33-23-9-7-19(25(26,27)28)15-20(23)21-5-3-4-11-29-21/h3-9,11,13,15,17H,10,12,14H2,1-2H3,(H,30,31)/t17-/m1/s1. The van der Waals surface area contributed by atoms with Crippen LogP contribution < -0.4 is 9.47 Å². The molecule has 1 N–H and O–H groups in total. The summed E-state index contributed by atoms with van der Waals surface area (Å²) in [4.78, 5) is 15.0. The molecule has 2 aromatic carbocycles. The summed E-state index contributed by atoms with van der Waals surface area (Å²) in [5.74, 6) is 0.0471. The second-order valence-corrected chi connectivity index (χ2v) is 7.66. The van der Waals surface area contributed by atoms with Crippen LogP contribution in [0.3, 0.4) is 0 Å². The van der Waals surface area contributed by atoms with Gasteiger partial charge in [0, 0.05) is 18.2 Å². The molecule has 3 aromatic rings. The highest BCUT2D eigenvalue weighted by atomic mass is 19.4. The summed E-state index contributed by atoms with van der Waals surface area (Å²) in [5.41, 5.74) is 1.39. The molecule has 0 aliphatic carbocycles. The third-order valence-electron chi connectivity index (χ3n) is 4.95. The summed E-state index contributed by atoms with van der Waals surface area (Å²) in [6.07, 6.45) is -2.87. The van der Waals surface area contributed by atoms with Gasteiger partial charge in [-0.3, -0.25) is 9.78 Å². The molecular formula is C25H24F3NO4. The molecule has 0 aliphatic rings. The van der Waals surface area contributed by atoms with Crippen LogP contribution in [0.5, 0.6) is 11.5 Å². The van der Waals surface area contributed by atoms with Gasteiger partial charge in [-0.25, -0.2) is 0 Å². The molecule has 0 saturated heterocycles. The number of aliphatic carboxylic acids is 1. The van der Waals surface area contributed by atoms with Crippen molar-refractivity contribution in [3.63, 3.8) is 0 Å². The number of pyridine rings is 1. The molecule has 0 amide bonds. The molecule has 0 spiro atoms. The van der Waals surface area contributed by atoms with E-state index in [1.165, 1.54) is 12.3 Å². The molecule has 8 heteroatoms. The lowest BCUT2D eigenvalue weighted by molar-refractivity contribution is -0.138. The number of nitrogens with zero attached hydrogens (tertiary/aromatic N) is 1.